The molecule has 0 aliphatic carbocycles. The SMILES string of the molecule is Cc1c(CCN(C(=O)C(F)(F)F)c2cc3ccccc3n2C)ncn1S(=O)(=O)N(C)C. The monoisotopic (exact) mass is 457 g/mol. The lowest BCUT2D eigenvalue weighted by Crippen LogP contribution is -2.43. The number of alkyl halides is 3. The van der Waals surface area contributed by atoms with Crippen molar-refractivity contribution in [3.05, 3.63) is 48.0 Å². The first-order chi connectivity index (χ1) is 14.4. The first-order valence-electron chi connectivity index (χ1n) is 9.24. The van der Waals surface area contributed by atoms with E-state index in [0.717, 1.165) is 14.6 Å². The summed E-state index contributed by atoms with van der Waals surface area (Å²) in [4.78, 5) is 16.9. The molecular weight excluding hydrogens is 435 g/mol. The number of aryl methyl sites for hydroxylation is 1. The van der Waals surface area contributed by atoms with Crippen LogP contribution in [0.4, 0.5) is 19.0 Å². The molecule has 0 atom stereocenters. The zero-order valence-corrected chi connectivity index (χ0v) is 18.2. The zero-order valence-electron chi connectivity index (χ0n) is 17.4. The number of hydrogen-bond donors (Lipinski definition) is 0. The van der Waals surface area contributed by atoms with Gasteiger partial charge in [0.05, 0.1) is 11.4 Å². The summed E-state index contributed by atoms with van der Waals surface area (Å²) in [5, 5.41) is 0.692. The van der Waals surface area contributed by atoms with Crippen molar-refractivity contribution in [1.29, 1.82) is 0 Å². The molecule has 3 aromatic rings. The number of benzene rings is 1. The molecule has 1 aromatic carbocycles. The zero-order chi connectivity index (χ0) is 23.1. The van der Waals surface area contributed by atoms with Crippen LogP contribution in [0, 0.1) is 6.92 Å². The van der Waals surface area contributed by atoms with Crippen LogP contribution in [0.5, 0.6) is 0 Å². The normalized spacial score (nSPS) is 12.6. The van der Waals surface area contributed by atoms with Gasteiger partial charge < -0.3 is 4.57 Å². The van der Waals surface area contributed by atoms with Gasteiger partial charge in [0.2, 0.25) is 0 Å². The first-order valence-corrected chi connectivity index (χ1v) is 10.6. The van der Waals surface area contributed by atoms with Gasteiger partial charge >= 0.3 is 22.3 Å². The second kappa shape index (κ2) is 8.00. The Morgan fingerprint density at radius 2 is 1.84 bits per heavy atom. The van der Waals surface area contributed by atoms with Gasteiger partial charge in [0.15, 0.2) is 0 Å². The molecule has 0 spiro atoms. The molecule has 0 radical (unpaired) electrons. The third-order valence-electron chi connectivity index (χ3n) is 5.04. The predicted octanol–water partition coefficient (Wildman–Crippen LogP) is 2.48. The quantitative estimate of drug-likeness (QED) is 0.570. The number of para-hydroxylation sites is 1. The Hall–Kier alpha value is -2.86. The number of nitrogens with zero attached hydrogens (tertiary/aromatic N) is 5. The average Bonchev–Trinajstić information content (AvgIpc) is 3.22. The number of fused-ring (bicyclic) bond motifs is 1. The van der Waals surface area contributed by atoms with Crippen molar-refractivity contribution >= 4 is 32.8 Å². The lowest BCUT2D eigenvalue weighted by molar-refractivity contribution is -0.170. The topological polar surface area (TPSA) is 80.4 Å². The highest BCUT2D eigenvalue weighted by Gasteiger charge is 2.43. The Kier molecular flexibility index (Phi) is 5.89. The number of carbonyl (C=O) groups excluding carboxylic acids is 1. The molecule has 3 rings (SSSR count). The van der Waals surface area contributed by atoms with Crippen LogP contribution in [0.3, 0.4) is 0 Å². The van der Waals surface area contributed by atoms with E-state index < -0.39 is 22.3 Å². The summed E-state index contributed by atoms with van der Waals surface area (Å²) < 4.78 is 68.1. The van der Waals surface area contributed by atoms with Gasteiger partial charge in [-0.3, -0.25) is 9.69 Å². The van der Waals surface area contributed by atoms with Gasteiger partial charge in [-0.25, -0.2) is 8.96 Å². The van der Waals surface area contributed by atoms with E-state index >= 15 is 0 Å². The summed E-state index contributed by atoms with van der Waals surface area (Å²) in [5.41, 5.74) is 1.23. The van der Waals surface area contributed by atoms with E-state index in [1.165, 1.54) is 31.7 Å². The average molecular weight is 457 g/mol. The van der Waals surface area contributed by atoms with Crippen LogP contribution in [0.15, 0.2) is 36.7 Å². The van der Waals surface area contributed by atoms with E-state index in [1.807, 2.05) is 0 Å². The van der Waals surface area contributed by atoms with E-state index in [2.05, 4.69) is 4.98 Å². The maximum absolute atomic E-state index is 13.3. The Labute approximate surface area is 177 Å². The summed E-state index contributed by atoms with van der Waals surface area (Å²) in [6.45, 7) is 1.18. The van der Waals surface area contributed by atoms with Crippen LogP contribution in [-0.4, -0.2) is 59.0 Å². The van der Waals surface area contributed by atoms with Crippen molar-refractivity contribution in [2.75, 3.05) is 25.5 Å². The standard InChI is InChI=1S/C19H22F3N5O3S/c1-13-15(23-12-27(13)31(29,30)24(2)3)9-10-26(18(28)19(20,21)22)17-11-14-7-5-6-8-16(14)25(17)4/h5-8,11-12H,9-10H2,1-4H3. The highest BCUT2D eigenvalue weighted by molar-refractivity contribution is 7.87. The maximum atomic E-state index is 13.3. The van der Waals surface area contributed by atoms with Crippen molar-refractivity contribution in [2.45, 2.75) is 19.5 Å². The lowest BCUT2D eigenvalue weighted by atomic mass is 10.2. The summed E-state index contributed by atoms with van der Waals surface area (Å²) in [6.07, 6.45) is -4.03. The van der Waals surface area contributed by atoms with Gasteiger partial charge in [-0.05, 0) is 19.1 Å². The molecule has 0 saturated carbocycles. The molecule has 0 bridgehead atoms. The van der Waals surface area contributed by atoms with E-state index in [4.69, 9.17) is 0 Å². The molecule has 0 unspecified atom stereocenters. The molecule has 2 aromatic heterocycles. The number of carbonyl (C=O) groups is 1. The van der Waals surface area contributed by atoms with Crippen LogP contribution in [0.1, 0.15) is 11.4 Å². The van der Waals surface area contributed by atoms with E-state index in [1.54, 1.807) is 31.3 Å². The predicted molar refractivity (Wildman–Crippen MR) is 110 cm³/mol. The summed E-state index contributed by atoms with van der Waals surface area (Å²) in [6, 6.07) is 8.51. The van der Waals surface area contributed by atoms with Crippen molar-refractivity contribution in [1.82, 2.24) is 17.8 Å². The van der Waals surface area contributed by atoms with E-state index in [9.17, 15) is 26.4 Å². The second-order valence-corrected chi connectivity index (χ2v) is 9.21. The minimum absolute atomic E-state index is 0.0644. The number of anilines is 1. The van der Waals surface area contributed by atoms with Gasteiger partial charge in [-0.1, -0.05) is 18.2 Å². The fourth-order valence-electron chi connectivity index (χ4n) is 3.31. The Morgan fingerprint density at radius 1 is 1.19 bits per heavy atom. The molecule has 0 fully saturated rings. The number of aromatic nitrogens is 3. The molecule has 12 heteroatoms. The highest BCUT2D eigenvalue weighted by Crippen LogP contribution is 2.29. The van der Waals surface area contributed by atoms with Crippen LogP contribution in [0.2, 0.25) is 0 Å². The van der Waals surface area contributed by atoms with Gasteiger partial charge in [0, 0.05) is 45.0 Å². The molecule has 2 heterocycles. The van der Waals surface area contributed by atoms with E-state index in [0.29, 0.717) is 15.8 Å². The molecule has 1 amide bonds. The summed E-state index contributed by atoms with van der Waals surface area (Å²) in [5.74, 6) is -1.92. The molecule has 8 nitrogen and oxygen atoms in total. The second-order valence-electron chi connectivity index (χ2n) is 7.19. The molecule has 0 saturated heterocycles. The Bertz CT molecular complexity index is 1230. The van der Waals surface area contributed by atoms with Crippen molar-refractivity contribution in [2.24, 2.45) is 7.05 Å². The minimum Gasteiger partial charge on any atom is -0.330 e. The highest BCUT2D eigenvalue weighted by atomic mass is 32.2. The molecule has 0 aliphatic rings. The minimum atomic E-state index is -5.07. The van der Waals surface area contributed by atoms with Crippen molar-refractivity contribution < 1.29 is 26.4 Å². The van der Waals surface area contributed by atoms with Gasteiger partial charge in [0.1, 0.15) is 12.1 Å². The van der Waals surface area contributed by atoms with Crippen LogP contribution < -0.4 is 4.90 Å². The summed E-state index contributed by atoms with van der Waals surface area (Å²) >= 11 is 0. The molecule has 0 aliphatic heterocycles. The Morgan fingerprint density at radius 3 is 2.42 bits per heavy atom. The fourth-order valence-corrected chi connectivity index (χ4v) is 4.28. The number of halogens is 3. The third kappa shape index (κ3) is 4.17. The van der Waals surface area contributed by atoms with Crippen LogP contribution in [0.25, 0.3) is 10.9 Å². The number of rotatable bonds is 6. The smallest absolute Gasteiger partial charge is 0.330 e. The van der Waals surface area contributed by atoms with Crippen LogP contribution >= 0.6 is 0 Å². The van der Waals surface area contributed by atoms with Crippen molar-refractivity contribution in [3.63, 3.8) is 0 Å². The van der Waals surface area contributed by atoms with Gasteiger partial charge in [-0.15, -0.1) is 0 Å². The van der Waals surface area contributed by atoms with Gasteiger partial charge in [0.25, 0.3) is 0 Å². The molecule has 0 N–H and O–H groups in total. The number of hydrogen-bond acceptors (Lipinski definition) is 4. The van der Waals surface area contributed by atoms with Crippen LogP contribution in [-0.2, 0) is 28.5 Å². The molecule has 31 heavy (non-hydrogen) atoms. The molecule has 168 valence electrons. The van der Waals surface area contributed by atoms with Gasteiger partial charge in [-0.2, -0.15) is 25.9 Å². The third-order valence-corrected chi connectivity index (χ3v) is 6.83. The van der Waals surface area contributed by atoms with E-state index in [-0.39, 0.29) is 30.2 Å². The largest absolute Gasteiger partial charge is 0.471 e. The van der Waals surface area contributed by atoms with Crippen molar-refractivity contribution in [3.8, 4) is 0 Å². The lowest BCUT2D eigenvalue weighted by Gasteiger charge is -2.24. The number of amides is 1. The fraction of sp³-hybridized carbons (Fsp3) is 0.368. The summed E-state index contributed by atoms with van der Waals surface area (Å²) in [7, 11) is 0.482. The first kappa shape index (κ1) is 22.8. The Balaban J connectivity index is 1.97. The maximum Gasteiger partial charge on any atom is 0.471 e. The number of imidazole rings is 1. The molecular formula is C19H22F3N5O3S.